The molecule has 3 aliphatic rings. The lowest BCUT2D eigenvalue weighted by molar-refractivity contribution is -0.117. The summed E-state index contributed by atoms with van der Waals surface area (Å²) >= 11 is 0. The van der Waals surface area contributed by atoms with E-state index in [2.05, 4.69) is 40.0 Å². The fourth-order valence-corrected chi connectivity index (χ4v) is 5.01. The molecule has 0 spiro atoms. The first-order chi connectivity index (χ1) is 15.2. The van der Waals surface area contributed by atoms with E-state index in [9.17, 15) is 9.59 Å². The Kier molecular flexibility index (Phi) is 6.71. The van der Waals surface area contributed by atoms with Gasteiger partial charge in [0.25, 0.3) is 0 Å². The highest BCUT2D eigenvalue weighted by Crippen LogP contribution is 2.39. The molecule has 1 aromatic rings. The van der Waals surface area contributed by atoms with Gasteiger partial charge in [-0.3, -0.25) is 20.5 Å². The minimum atomic E-state index is -0.364. The van der Waals surface area contributed by atoms with E-state index < -0.39 is 0 Å². The van der Waals surface area contributed by atoms with Gasteiger partial charge in [0.1, 0.15) is 0 Å². The number of carbonyl (C=O) groups excluding carboxylic acids is 2. The second-order valence-electron chi connectivity index (χ2n) is 9.45. The van der Waals surface area contributed by atoms with E-state index in [0.29, 0.717) is 18.5 Å². The predicted octanol–water partition coefficient (Wildman–Crippen LogP) is 1.91. The number of hydrogen-bond acceptors (Lipinski definition) is 7. The summed E-state index contributed by atoms with van der Waals surface area (Å²) in [7, 11) is 2.10. The van der Waals surface area contributed by atoms with Gasteiger partial charge in [0.05, 0.1) is 23.5 Å². The average Bonchev–Trinajstić information content (AvgIpc) is 3.35. The van der Waals surface area contributed by atoms with Crippen molar-refractivity contribution in [3.05, 3.63) is 23.8 Å². The van der Waals surface area contributed by atoms with E-state index in [1.807, 2.05) is 26.8 Å². The normalized spacial score (nSPS) is 26.6. The fourth-order valence-electron chi connectivity index (χ4n) is 5.01. The maximum atomic E-state index is 12.9. The molecule has 4 rings (SSSR count). The van der Waals surface area contributed by atoms with Crippen molar-refractivity contribution in [3.8, 4) is 0 Å². The number of amides is 2. The third-order valence-corrected chi connectivity index (χ3v) is 6.62. The van der Waals surface area contributed by atoms with Gasteiger partial charge in [0.2, 0.25) is 5.91 Å². The fraction of sp³-hybridized carbons (Fsp3) is 0.652. The maximum absolute atomic E-state index is 12.9. The highest BCUT2D eigenvalue weighted by Gasteiger charge is 2.36. The quantitative estimate of drug-likeness (QED) is 0.734. The van der Waals surface area contributed by atoms with Crippen LogP contribution in [0.5, 0.6) is 0 Å². The Hall–Kier alpha value is -2.20. The zero-order valence-corrected chi connectivity index (χ0v) is 19.8. The zero-order valence-electron chi connectivity index (χ0n) is 19.8. The Labute approximate surface area is 190 Å². The van der Waals surface area contributed by atoms with Gasteiger partial charge >= 0.3 is 6.09 Å². The lowest BCUT2D eigenvalue weighted by Gasteiger charge is -2.40. The highest BCUT2D eigenvalue weighted by atomic mass is 16.6. The number of nitrogens with one attached hydrogen (secondary N) is 2. The molecule has 3 atom stereocenters. The molecule has 2 fully saturated rings. The first-order valence-corrected chi connectivity index (χ1v) is 11.6. The predicted molar refractivity (Wildman–Crippen MR) is 125 cm³/mol. The first-order valence-electron chi connectivity index (χ1n) is 11.6. The van der Waals surface area contributed by atoms with E-state index in [-0.39, 0.29) is 24.1 Å². The molecule has 2 N–H and O–H groups in total. The molecule has 0 saturated carbocycles. The second kappa shape index (κ2) is 9.35. The Morgan fingerprint density at radius 2 is 1.97 bits per heavy atom. The van der Waals surface area contributed by atoms with Gasteiger partial charge in [-0.25, -0.2) is 14.8 Å². The van der Waals surface area contributed by atoms with Gasteiger partial charge in [-0.05, 0) is 44.9 Å². The van der Waals surface area contributed by atoms with Crippen LogP contribution in [0.2, 0.25) is 0 Å². The third-order valence-electron chi connectivity index (χ3n) is 6.62. The topological polar surface area (TPSA) is 80.4 Å². The standard InChI is InChI=1S/C23H36N6O3/c1-15(2)32-23(31)28-12-16(3)29(17(4)30)21-7-6-18(10-22(21)28)19-11-25-27(13-19)14-20-8-9-24-26(20)5/h6-7,10,15-16,19-20,24-25H,8-9,11-14H2,1-5H3/t16-,19?,20?/m0/s1. The molecule has 2 unspecified atom stereocenters. The van der Waals surface area contributed by atoms with Crippen LogP contribution >= 0.6 is 0 Å². The Morgan fingerprint density at radius 3 is 2.62 bits per heavy atom. The molecule has 2 saturated heterocycles. The summed E-state index contributed by atoms with van der Waals surface area (Å²) in [6.45, 7) is 11.4. The molecule has 0 aliphatic carbocycles. The summed E-state index contributed by atoms with van der Waals surface area (Å²) in [5, 5.41) is 4.50. The van der Waals surface area contributed by atoms with Gasteiger partial charge in [-0.1, -0.05) is 6.07 Å². The minimum Gasteiger partial charge on any atom is -0.446 e. The molecular formula is C23H36N6O3. The van der Waals surface area contributed by atoms with Crippen LogP contribution in [0.25, 0.3) is 0 Å². The van der Waals surface area contributed by atoms with E-state index in [1.54, 1.807) is 16.7 Å². The van der Waals surface area contributed by atoms with Gasteiger partial charge in [-0.2, -0.15) is 0 Å². The molecule has 3 heterocycles. The van der Waals surface area contributed by atoms with E-state index in [4.69, 9.17) is 4.74 Å². The SMILES string of the molecule is CC(=O)N1c2ccc(C3CNN(CC4CCNN4C)C3)cc2N(C(=O)OC(C)C)C[C@@H]1C. The summed E-state index contributed by atoms with van der Waals surface area (Å²) in [4.78, 5) is 28.7. The van der Waals surface area contributed by atoms with Crippen LogP contribution in [0.4, 0.5) is 16.2 Å². The number of anilines is 2. The van der Waals surface area contributed by atoms with Crippen LogP contribution in [-0.2, 0) is 9.53 Å². The van der Waals surface area contributed by atoms with Crippen LogP contribution in [0, 0.1) is 0 Å². The van der Waals surface area contributed by atoms with E-state index in [0.717, 1.165) is 49.5 Å². The Balaban J connectivity index is 1.56. The number of ether oxygens (including phenoxy) is 1. The molecular weight excluding hydrogens is 408 g/mol. The Bertz CT molecular complexity index is 862. The maximum Gasteiger partial charge on any atom is 0.414 e. The van der Waals surface area contributed by atoms with Crippen molar-refractivity contribution in [3.63, 3.8) is 0 Å². The number of fused-ring (bicyclic) bond motifs is 1. The number of benzene rings is 1. The molecule has 0 bridgehead atoms. The van der Waals surface area contributed by atoms with Crippen molar-refractivity contribution in [2.75, 3.05) is 49.6 Å². The van der Waals surface area contributed by atoms with Gasteiger partial charge < -0.3 is 9.64 Å². The summed E-state index contributed by atoms with van der Waals surface area (Å²) in [5.41, 5.74) is 9.58. The smallest absolute Gasteiger partial charge is 0.414 e. The zero-order chi connectivity index (χ0) is 23.0. The van der Waals surface area contributed by atoms with Crippen LogP contribution in [0.3, 0.4) is 0 Å². The van der Waals surface area contributed by atoms with Gasteiger partial charge in [-0.15, -0.1) is 0 Å². The Morgan fingerprint density at radius 1 is 1.19 bits per heavy atom. The molecule has 3 aliphatic heterocycles. The van der Waals surface area contributed by atoms with E-state index in [1.165, 1.54) is 0 Å². The monoisotopic (exact) mass is 444 g/mol. The van der Waals surface area contributed by atoms with Crippen molar-refractivity contribution >= 4 is 23.4 Å². The number of nitrogens with zero attached hydrogens (tertiary/aromatic N) is 4. The van der Waals surface area contributed by atoms with E-state index >= 15 is 0 Å². The number of hydrogen-bond donors (Lipinski definition) is 2. The second-order valence-corrected chi connectivity index (χ2v) is 9.45. The number of carbonyl (C=O) groups is 2. The van der Waals surface area contributed by atoms with Gasteiger partial charge in [0.15, 0.2) is 0 Å². The third kappa shape index (κ3) is 4.61. The molecule has 9 nitrogen and oxygen atoms in total. The molecule has 32 heavy (non-hydrogen) atoms. The molecule has 2 amide bonds. The summed E-state index contributed by atoms with van der Waals surface area (Å²) in [5.74, 6) is 0.291. The summed E-state index contributed by atoms with van der Waals surface area (Å²) < 4.78 is 5.51. The van der Waals surface area contributed by atoms with Crippen molar-refractivity contribution in [1.82, 2.24) is 20.9 Å². The average molecular weight is 445 g/mol. The summed E-state index contributed by atoms with van der Waals surface area (Å²) in [6, 6.07) is 6.52. The van der Waals surface area contributed by atoms with Crippen molar-refractivity contribution in [2.24, 2.45) is 0 Å². The highest BCUT2D eigenvalue weighted by molar-refractivity contribution is 6.02. The van der Waals surface area contributed by atoms with Gasteiger partial charge in [0, 0.05) is 58.7 Å². The summed E-state index contributed by atoms with van der Waals surface area (Å²) in [6.07, 6.45) is 0.576. The number of hydrazine groups is 2. The molecule has 9 heteroatoms. The largest absolute Gasteiger partial charge is 0.446 e. The molecule has 0 radical (unpaired) electrons. The van der Waals surface area contributed by atoms with Crippen LogP contribution < -0.4 is 20.7 Å². The van der Waals surface area contributed by atoms with Crippen LogP contribution in [0.15, 0.2) is 18.2 Å². The number of likely N-dealkylation sites (N-methyl/N-ethyl adjacent to an activating group) is 1. The molecule has 1 aromatic carbocycles. The van der Waals surface area contributed by atoms with Crippen molar-refractivity contribution < 1.29 is 14.3 Å². The molecule has 176 valence electrons. The molecule has 0 aromatic heterocycles. The van der Waals surface area contributed by atoms with Crippen LogP contribution in [0.1, 0.15) is 45.6 Å². The lowest BCUT2D eigenvalue weighted by atomic mass is 9.96. The first kappa shape index (κ1) is 23.0. The van der Waals surface area contributed by atoms with Crippen LogP contribution in [-0.4, -0.2) is 80.0 Å². The number of rotatable bonds is 4. The van der Waals surface area contributed by atoms with Crippen molar-refractivity contribution in [2.45, 2.75) is 58.2 Å². The minimum absolute atomic E-state index is 0.0219. The van der Waals surface area contributed by atoms with Crippen molar-refractivity contribution in [1.29, 1.82) is 0 Å². The lowest BCUT2D eigenvalue weighted by Crippen LogP contribution is -2.51.